The molecule has 0 aromatic heterocycles. The van der Waals surface area contributed by atoms with Gasteiger partial charge in [-0.1, -0.05) is 41.5 Å². The second-order valence-corrected chi connectivity index (χ2v) is 19.5. The van der Waals surface area contributed by atoms with Gasteiger partial charge in [-0.05, 0) is 36.3 Å². The first-order valence-electron chi connectivity index (χ1n) is 8.69. The fourth-order valence-corrected chi connectivity index (χ4v) is 3.54. The third-order valence-electron chi connectivity index (χ3n) is 5.77. The van der Waals surface area contributed by atoms with Crippen LogP contribution in [0.2, 0.25) is 36.3 Å². The Hall–Kier alpha value is 0.234. The molecule has 0 spiro atoms. The van der Waals surface area contributed by atoms with Crippen molar-refractivity contribution >= 4 is 16.6 Å². The molecule has 0 amide bonds. The van der Waals surface area contributed by atoms with Crippen LogP contribution in [0.4, 0.5) is 0 Å². The van der Waals surface area contributed by atoms with E-state index in [2.05, 4.69) is 67.7 Å². The summed E-state index contributed by atoms with van der Waals surface area (Å²) in [4.78, 5) is 0. The van der Waals surface area contributed by atoms with Crippen molar-refractivity contribution in [3.63, 3.8) is 0 Å². The van der Waals surface area contributed by atoms with Crippen LogP contribution in [0.25, 0.3) is 0 Å². The lowest BCUT2D eigenvalue weighted by molar-refractivity contribution is -0.137. The van der Waals surface area contributed by atoms with Crippen molar-refractivity contribution in [1.82, 2.24) is 0 Å². The molecule has 0 radical (unpaired) electrons. The van der Waals surface area contributed by atoms with Gasteiger partial charge in [0.2, 0.25) is 0 Å². The highest BCUT2D eigenvalue weighted by atomic mass is 28.4. The molecule has 146 valence electrons. The minimum absolute atomic E-state index is 0.00162. The number of rotatable bonds is 8. The van der Waals surface area contributed by atoms with Crippen LogP contribution < -0.4 is 0 Å². The topological polar surface area (TPSA) is 79.2 Å². The standard InChI is InChI=1S/C17H40O5Si2/c1-15(2,3)23(7,8)21-12-17(20,14(19)11-18)13-22-24(9,10)16(4,5)6/h14,18-20H,11-13H2,1-10H3. The Morgan fingerprint density at radius 3 is 1.29 bits per heavy atom. The van der Waals surface area contributed by atoms with Gasteiger partial charge in [0.1, 0.15) is 11.7 Å². The summed E-state index contributed by atoms with van der Waals surface area (Å²) >= 11 is 0. The highest BCUT2D eigenvalue weighted by molar-refractivity contribution is 6.74. The number of hydrogen-bond acceptors (Lipinski definition) is 5. The van der Waals surface area contributed by atoms with Gasteiger partial charge in [-0.3, -0.25) is 0 Å². The second-order valence-electron chi connectivity index (χ2n) is 9.90. The average molecular weight is 381 g/mol. The summed E-state index contributed by atoms with van der Waals surface area (Å²) < 4.78 is 12.2. The van der Waals surface area contributed by atoms with Gasteiger partial charge in [0.25, 0.3) is 0 Å². The van der Waals surface area contributed by atoms with E-state index in [1.807, 2.05) is 0 Å². The molecule has 24 heavy (non-hydrogen) atoms. The van der Waals surface area contributed by atoms with Crippen molar-refractivity contribution in [3.05, 3.63) is 0 Å². The maximum atomic E-state index is 10.9. The van der Waals surface area contributed by atoms with Gasteiger partial charge in [0, 0.05) is 0 Å². The van der Waals surface area contributed by atoms with Gasteiger partial charge in [-0.2, -0.15) is 0 Å². The molecule has 0 bridgehead atoms. The zero-order chi connectivity index (χ0) is 19.6. The van der Waals surface area contributed by atoms with Crippen LogP contribution in [0, 0.1) is 0 Å². The molecular weight excluding hydrogens is 340 g/mol. The van der Waals surface area contributed by atoms with E-state index in [1.54, 1.807) is 0 Å². The van der Waals surface area contributed by atoms with Crippen LogP contribution in [0.5, 0.6) is 0 Å². The Morgan fingerprint density at radius 1 is 0.792 bits per heavy atom. The summed E-state index contributed by atoms with van der Waals surface area (Å²) in [5, 5.41) is 30.4. The third kappa shape index (κ3) is 6.19. The molecule has 0 aromatic carbocycles. The van der Waals surface area contributed by atoms with E-state index in [9.17, 15) is 15.3 Å². The summed E-state index contributed by atoms with van der Waals surface area (Å²) in [6, 6.07) is 0. The van der Waals surface area contributed by atoms with Crippen LogP contribution in [0.1, 0.15) is 41.5 Å². The lowest BCUT2D eigenvalue weighted by Gasteiger charge is -2.43. The quantitative estimate of drug-likeness (QED) is 0.564. The first-order valence-corrected chi connectivity index (χ1v) is 14.5. The zero-order valence-electron chi connectivity index (χ0n) is 17.4. The maximum Gasteiger partial charge on any atom is 0.192 e. The van der Waals surface area contributed by atoms with Crippen LogP contribution in [0.15, 0.2) is 0 Å². The summed E-state index contributed by atoms with van der Waals surface area (Å²) in [5.74, 6) is 0. The monoisotopic (exact) mass is 380 g/mol. The number of aliphatic hydroxyl groups is 3. The van der Waals surface area contributed by atoms with Crippen molar-refractivity contribution < 1.29 is 24.2 Å². The molecule has 1 atom stereocenters. The summed E-state index contributed by atoms with van der Waals surface area (Å²) in [5.41, 5.74) is -1.61. The molecule has 0 fully saturated rings. The maximum absolute atomic E-state index is 10.9. The second kappa shape index (κ2) is 7.86. The molecule has 0 aliphatic rings. The van der Waals surface area contributed by atoms with Crippen molar-refractivity contribution in [1.29, 1.82) is 0 Å². The van der Waals surface area contributed by atoms with Crippen molar-refractivity contribution in [2.24, 2.45) is 0 Å². The predicted octanol–water partition coefficient (Wildman–Crippen LogP) is 3.11. The molecule has 3 N–H and O–H groups in total. The highest BCUT2D eigenvalue weighted by Crippen LogP contribution is 2.39. The lowest BCUT2D eigenvalue weighted by Crippen LogP contribution is -2.57. The first-order chi connectivity index (χ1) is 10.4. The Kier molecular flexibility index (Phi) is 7.93. The molecule has 0 aliphatic heterocycles. The summed E-state index contributed by atoms with van der Waals surface area (Å²) in [6.07, 6.45) is -1.30. The Balaban J connectivity index is 5.19. The summed E-state index contributed by atoms with van der Waals surface area (Å²) in [6.45, 7) is 20.5. The number of aliphatic hydroxyl groups excluding tert-OH is 2. The molecule has 7 heteroatoms. The van der Waals surface area contributed by atoms with E-state index >= 15 is 0 Å². The van der Waals surface area contributed by atoms with E-state index in [0.717, 1.165) is 0 Å². The van der Waals surface area contributed by atoms with Crippen LogP contribution in [0.3, 0.4) is 0 Å². The van der Waals surface area contributed by atoms with Crippen LogP contribution >= 0.6 is 0 Å². The fourth-order valence-electron chi connectivity index (χ4n) is 1.45. The highest BCUT2D eigenvalue weighted by Gasteiger charge is 2.45. The molecule has 1 unspecified atom stereocenters. The van der Waals surface area contributed by atoms with Crippen molar-refractivity contribution in [3.8, 4) is 0 Å². The van der Waals surface area contributed by atoms with E-state index in [4.69, 9.17) is 8.85 Å². The third-order valence-corrected chi connectivity index (χ3v) is 14.7. The van der Waals surface area contributed by atoms with E-state index in [-0.39, 0.29) is 23.3 Å². The Labute approximate surface area is 150 Å². The lowest BCUT2D eigenvalue weighted by atomic mass is 10.00. The van der Waals surface area contributed by atoms with Crippen molar-refractivity contribution in [2.75, 3.05) is 19.8 Å². The SMILES string of the molecule is CC(C)(C)[Si](C)(C)OCC(O)(CO[Si](C)(C)C(C)(C)C)C(O)CO. The molecule has 0 aliphatic carbocycles. The van der Waals surface area contributed by atoms with Gasteiger partial charge in [0.05, 0.1) is 19.8 Å². The van der Waals surface area contributed by atoms with Gasteiger partial charge in [-0.25, -0.2) is 0 Å². The molecule has 0 aromatic rings. The molecule has 0 saturated carbocycles. The molecular formula is C17H40O5Si2. The number of hydrogen-bond donors (Lipinski definition) is 3. The minimum Gasteiger partial charge on any atom is -0.414 e. The fraction of sp³-hybridized carbons (Fsp3) is 1.00. The predicted molar refractivity (Wildman–Crippen MR) is 104 cm³/mol. The molecule has 0 saturated heterocycles. The van der Waals surface area contributed by atoms with Crippen LogP contribution in [-0.4, -0.2) is 63.5 Å². The zero-order valence-corrected chi connectivity index (χ0v) is 19.4. The molecule has 0 rings (SSSR count). The van der Waals surface area contributed by atoms with Gasteiger partial charge in [-0.15, -0.1) is 0 Å². The largest absolute Gasteiger partial charge is 0.414 e. The van der Waals surface area contributed by atoms with E-state index in [0.29, 0.717) is 0 Å². The molecule has 5 nitrogen and oxygen atoms in total. The average Bonchev–Trinajstić information content (AvgIpc) is 2.39. The van der Waals surface area contributed by atoms with Crippen molar-refractivity contribution in [2.45, 2.75) is 89.5 Å². The van der Waals surface area contributed by atoms with Gasteiger partial charge >= 0.3 is 0 Å². The smallest absolute Gasteiger partial charge is 0.192 e. The van der Waals surface area contributed by atoms with Crippen LogP contribution in [-0.2, 0) is 8.85 Å². The normalized spacial score (nSPS) is 16.4. The first kappa shape index (κ1) is 24.2. The Bertz CT molecular complexity index is 367. The van der Waals surface area contributed by atoms with Gasteiger partial charge in [0.15, 0.2) is 16.6 Å². The Morgan fingerprint density at radius 2 is 1.08 bits per heavy atom. The summed E-state index contributed by atoms with van der Waals surface area (Å²) in [7, 11) is -4.16. The minimum atomic E-state index is -2.08. The molecule has 0 heterocycles. The van der Waals surface area contributed by atoms with E-state index in [1.165, 1.54) is 0 Å². The van der Waals surface area contributed by atoms with E-state index < -0.39 is 34.9 Å². The van der Waals surface area contributed by atoms with Gasteiger partial charge < -0.3 is 24.2 Å².